The van der Waals surface area contributed by atoms with Gasteiger partial charge in [0.1, 0.15) is 6.04 Å². The Balaban J connectivity index is 1.75. The number of amides is 1. The van der Waals surface area contributed by atoms with Crippen molar-refractivity contribution in [3.63, 3.8) is 0 Å². The number of pyridine rings is 1. The van der Waals surface area contributed by atoms with Crippen LogP contribution in [0, 0.1) is 5.92 Å². The van der Waals surface area contributed by atoms with Gasteiger partial charge in [-0.15, -0.1) is 0 Å². The second kappa shape index (κ2) is 7.42. The van der Waals surface area contributed by atoms with Gasteiger partial charge in [-0.2, -0.15) is 5.10 Å². The summed E-state index contributed by atoms with van der Waals surface area (Å²) in [4.78, 5) is 29.3. The standard InChI is InChI=1S/C21H22N4O3/c1-2-25-19-16(12-22-25)15(11-17(23-19)14-6-4-3-5-7-14)20(26)24-18(21(27)28)10-13-8-9-13/h3-7,11-13,18H,2,8-10H2,1H3,(H,24,26)(H,27,28). The monoisotopic (exact) mass is 378 g/mol. The molecule has 0 saturated heterocycles. The van der Waals surface area contributed by atoms with Gasteiger partial charge in [0.2, 0.25) is 0 Å². The van der Waals surface area contributed by atoms with E-state index in [0.29, 0.717) is 41.2 Å². The first kappa shape index (κ1) is 18.2. The van der Waals surface area contributed by atoms with E-state index in [-0.39, 0.29) is 0 Å². The maximum Gasteiger partial charge on any atom is 0.326 e. The summed E-state index contributed by atoms with van der Waals surface area (Å²) in [6.45, 7) is 2.58. The van der Waals surface area contributed by atoms with Crippen LogP contribution < -0.4 is 5.32 Å². The molecule has 1 aliphatic rings. The molecule has 1 aromatic carbocycles. The number of nitrogens with one attached hydrogen (secondary N) is 1. The van der Waals surface area contributed by atoms with Crippen molar-refractivity contribution in [2.75, 3.05) is 0 Å². The molecule has 28 heavy (non-hydrogen) atoms. The van der Waals surface area contributed by atoms with Crippen molar-refractivity contribution in [3.05, 3.63) is 48.2 Å². The summed E-state index contributed by atoms with van der Waals surface area (Å²) in [6, 6.07) is 10.4. The molecule has 1 saturated carbocycles. The summed E-state index contributed by atoms with van der Waals surface area (Å²) < 4.78 is 1.73. The largest absolute Gasteiger partial charge is 0.480 e. The first-order chi connectivity index (χ1) is 13.6. The molecular weight excluding hydrogens is 356 g/mol. The number of rotatable bonds is 7. The van der Waals surface area contributed by atoms with E-state index in [9.17, 15) is 14.7 Å². The molecule has 1 fully saturated rings. The van der Waals surface area contributed by atoms with E-state index in [4.69, 9.17) is 4.98 Å². The molecule has 4 rings (SSSR count). The number of benzene rings is 1. The van der Waals surface area contributed by atoms with E-state index in [1.165, 1.54) is 0 Å². The van der Waals surface area contributed by atoms with Gasteiger partial charge in [-0.05, 0) is 25.3 Å². The first-order valence-corrected chi connectivity index (χ1v) is 9.52. The number of hydrogen-bond donors (Lipinski definition) is 2. The molecular formula is C21H22N4O3. The third-order valence-corrected chi connectivity index (χ3v) is 5.09. The molecule has 0 spiro atoms. The summed E-state index contributed by atoms with van der Waals surface area (Å²) in [5.41, 5.74) is 2.55. The van der Waals surface area contributed by atoms with Crippen molar-refractivity contribution in [2.24, 2.45) is 5.92 Å². The zero-order chi connectivity index (χ0) is 19.7. The minimum atomic E-state index is -1.00. The Labute approximate surface area is 162 Å². The number of carbonyl (C=O) groups excluding carboxylic acids is 1. The van der Waals surface area contributed by atoms with E-state index in [1.807, 2.05) is 37.3 Å². The number of aryl methyl sites for hydroxylation is 1. The maximum atomic E-state index is 13.0. The van der Waals surface area contributed by atoms with Crippen LogP contribution in [0.25, 0.3) is 22.3 Å². The van der Waals surface area contributed by atoms with Gasteiger partial charge in [-0.25, -0.2) is 14.5 Å². The van der Waals surface area contributed by atoms with Crippen molar-refractivity contribution in [1.29, 1.82) is 0 Å². The van der Waals surface area contributed by atoms with Gasteiger partial charge in [-0.1, -0.05) is 43.2 Å². The summed E-state index contributed by atoms with van der Waals surface area (Å²) in [5.74, 6) is -1.02. The second-order valence-electron chi connectivity index (χ2n) is 7.16. The molecule has 1 unspecified atom stereocenters. The molecule has 7 heteroatoms. The lowest BCUT2D eigenvalue weighted by atomic mass is 10.1. The molecule has 2 aromatic heterocycles. The van der Waals surface area contributed by atoms with Crippen LogP contribution in [0.5, 0.6) is 0 Å². The SMILES string of the molecule is CCn1ncc2c(C(=O)NC(CC3CC3)C(=O)O)cc(-c3ccccc3)nc21. The van der Waals surface area contributed by atoms with E-state index < -0.39 is 17.9 Å². The van der Waals surface area contributed by atoms with Crippen LogP contribution in [0.15, 0.2) is 42.6 Å². The lowest BCUT2D eigenvalue weighted by Crippen LogP contribution is -2.41. The van der Waals surface area contributed by atoms with Crippen LogP contribution in [0.4, 0.5) is 0 Å². The van der Waals surface area contributed by atoms with Crippen LogP contribution >= 0.6 is 0 Å². The number of nitrogens with zero attached hydrogens (tertiary/aromatic N) is 3. The number of carboxylic acids is 1. The van der Waals surface area contributed by atoms with Crippen molar-refractivity contribution < 1.29 is 14.7 Å². The van der Waals surface area contributed by atoms with Gasteiger partial charge in [0.05, 0.1) is 22.8 Å². The van der Waals surface area contributed by atoms with Gasteiger partial charge in [0.25, 0.3) is 5.91 Å². The lowest BCUT2D eigenvalue weighted by molar-refractivity contribution is -0.139. The van der Waals surface area contributed by atoms with E-state index in [0.717, 1.165) is 18.4 Å². The molecule has 1 aliphatic carbocycles. The zero-order valence-corrected chi connectivity index (χ0v) is 15.6. The normalized spacial score (nSPS) is 14.8. The highest BCUT2D eigenvalue weighted by atomic mass is 16.4. The topological polar surface area (TPSA) is 97.1 Å². The van der Waals surface area contributed by atoms with Gasteiger partial charge in [0.15, 0.2) is 5.65 Å². The fourth-order valence-electron chi connectivity index (χ4n) is 3.37. The molecule has 2 heterocycles. The fourth-order valence-corrected chi connectivity index (χ4v) is 3.37. The number of fused-ring (bicyclic) bond motifs is 1. The highest BCUT2D eigenvalue weighted by molar-refractivity contribution is 6.07. The Bertz CT molecular complexity index is 1020. The molecule has 1 atom stereocenters. The smallest absolute Gasteiger partial charge is 0.326 e. The highest BCUT2D eigenvalue weighted by Crippen LogP contribution is 2.33. The number of aliphatic carboxylic acids is 1. The van der Waals surface area contributed by atoms with Gasteiger partial charge in [-0.3, -0.25) is 4.79 Å². The summed E-state index contributed by atoms with van der Waals surface area (Å²) in [7, 11) is 0. The Morgan fingerprint density at radius 3 is 2.68 bits per heavy atom. The van der Waals surface area contributed by atoms with E-state index >= 15 is 0 Å². The quantitative estimate of drug-likeness (QED) is 0.658. The molecule has 0 radical (unpaired) electrons. The summed E-state index contributed by atoms with van der Waals surface area (Å²) in [5, 5.41) is 17.1. The van der Waals surface area contributed by atoms with Crippen molar-refractivity contribution in [1.82, 2.24) is 20.1 Å². The summed E-state index contributed by atoms with van der Waals surface area (Å²) in [6.07, 6.45) is 4.14. The lowest BCUT2D eigenvalue weighted by Gasteiger charge is -2.15. The molecule has 1 amide bonds. The Morgan fingerprint density at radius 2 is 2.04 bits per heavy atom. The fraction of sp³-hybridized carbons (Fsp3) is 0.333. The first-order valence-electron chi connectivity index (χ1n) is 9.52. The minimum absolute atomic E-state index is 0.390. The zero-order valence-electron chi connectivity index (χ0n) is 15.6. The van der Waals surface area contributed by atoms with Gasteiger partial charge < -0.3 is 10.4 Å². The minimum Gasteiger partial charge on any atom is -0.480 e. The number of hydrogen-bond acceptors (Lipinski definition) is 4. The number of aromatic nitrogens is 3. The summed E-state index contributed by atoms with van der Waals surface area (Å²) >= 11 is 0. The third-order valence-electron chi connectivity index (χ3n) is 5.09. The number of carboxylic acid groups (broad SMARTS) is 1. The van der Waals surface area contributed by atoms with Crippen LogP contribution in [0.1, 0.15) is 36.5 Å². The predicted molar refractivity (Wildman–Crippen MR) is 105 cm³/mol. The van der Waals surface area contributed by atoms with Crippen LogP contribution in [0.3, 0.4) is 0 Å². The molecule has 3 aromatic rings. The average molecular weight is 378 g/mol. The van der Waals surface area contributed by atoms with Crippen molar-refractivity contribution in [2.45, 2.75) is 38.8 Å². The molecule has 0 aliphatic heterocycles. The molecule has 0 bridgehead atoms. The second-order valence-corrected chi connectivity index (χ2v) is 7.16. The molecule has 7 nitrogen and oxygen atoms in total. The van der Waals surface area contributed by atoms with Crippen LogP contribution in [-0.4, -0.2) is 37.8 Å². The Hall–Kier alpha value is -3.22. The highest BCUT2D eigenvalue weighted by Gasteiger charge is 2.31. The van der Waals surface area contributed by atoms with Crippen LogP contribution in [0.2, 0.25) is 0 Å². The number of carbonyl (C=O) groups is 2. The molecule has 2 N–H and O–H groups in total. The predicted octanol–water partition coefficient (Wildman–Crippen LogP) is 3.10. The van der Waals surface area contributed by atoms with Crippen LogP contribution in [-0.2, 0) is 11.3 Å². The van der Waals surface area contributed by atoms with Crippen molar-refractivity contribution >= 4 is 22.9 Å². The Morgan fingerprint density at radius 1 is 1.29 bits per heavy atom. The third kappa shape index (κ3) is 3.60. The van der Waals surface area contributed by atoms with E-state index in [2.05, 4.69) is 10.4 Å². The van der Waals surface area contributed by atoms with Gasteiger partial charge in [0, 0.05) is 12.1 Å². The average Bonchev–Trinajstić information content (AvgIpc) is 3.43. The molecule has 144 valence electrons. The van der Waals surface area contributed by atoms with E-state index in [1.54, 1.807) is 16.9 Å². The van der Waals surface area contributed by atoms with Crippen molar-refractivity contribution in [3.8, 4) is 11.3 Å². The van der Waals surface area contributed by atoms with Gasteiger partial charge >= 0.3 is 5.97 Å². The maximum absolute atomic E-state index is 13.0. The Kier molecular flexibility index (Phi) is 4.81.